The number of nitrogens with one attached hydrogen (secondary N) is 1. The average molecular weight is 268 g/mol. The van der Waals surface area contributed by atoms with E-state index >= 15 is 0 Å². The Morgan fingerprint density at radius 3 is 1.89 bits per heavy atom. The predicted molar refractivity (Wildman–Crippen MR) is 65.2 cm³/mol. The van der Waals surface area contributed by atoms with Crippen LogP contribution in [-0.2, 0) is 4.79 Å². The monoisotopic (exact) mass is 268 g/mol. The van der Waals surface area contributed by atoms with Gasteiger partial charge in [0.1, 0.15) is 0 Å². The predicted octanol–water partition coefficient (Wildman–Crippen LogP) is 2.28. The summed E-state index contributed by atoms with van der Waals surface area (Å²) in [4.78, 5) is 13.4. The number of hydrogen-bond acceptors (Lipinski definition) is 2. The maximum atomic E-state index is 11.9. The average Bonchev–Trinajstić information content (AvgIpc) is 2.12. The molecule has 0 unspecified atom stereocenters. The molecule has 0 aliphatic rings. The normalized spacial score (nSPS) is 12.3. The van der Waals surface area contributed by atoms with Crippen LogP contribution in [0.4, 0.5) is 13.2 Å². The molecule has 1 N–H and O–H groups in total. The van der Waals surface area contributed by atoms with Crippen LogP contribution in [0.3, 0.4) is 0 Å². The number of nitrogens with zero attached hydrogens (tertiary/aromatic N) is 1. The highest BCUT2D eigenvalue weighted by molar-refractivity contribution is 5.78. The van der Waals surface area contributed by atoms with Crippen molar-refractivity contribution in [2.45, 2.75) is 33.9 Å². The molecular weight excluding hydrogens is 245 g/mol. The molecule has 0 aliphatic heterocycles. The molecule has 0 bridgehead atoms. The van der Waals surface area contributed by atoms with Crippen LogP contribution < -0.4 is 5.32 Å². The van der Waals surface area contributed by atoms with Crippen LogP contribution in [-0.4, -0.2) is 43.2 Å². The minimum Gasteiger partial charge on any atom is -0.341 e. The van der Waals surface area contributed by atoms with E-state index in [0.29, 0.717) is 24.9 Å². The Kier molecular flexibility index (Phi) is 7.28. The van der Waals surface area contributed by atoms with Crippen molar-refractivity contribution in [1.82, 2.24) is 10.2 Å². The topological polar surface area (TPSA) is 32.3 Å². The maximum Gasteiger partial charge on any atom is 0.401 e. The molecule has 0 aromatic heterocycles. The van der Waals surface area contributed by atoms with E-state index in [1.54, 1.807) is 4.90 Å². The number of alkyl halides is 3. The van der Waals surface area contributed by atoms with Crippen molar-refractivity contribution in [2.24, 2.45) is 11.8 Å². The Morgan fingerprint density at radius 2 is 1.56 bits per heavy atom. The van der Waals surface area contributed by atoms with Gasteiger partial charge < -0.3 is 10.2 Å². The van der Waals surface area contributed by atoms with Gasteiger partial charge in [-0.25, -0.2) is 0 Å². The Labute approximate surface area is 107 Å². The summed E-state index contributed by atoms with van der Waals surface area (Å²) in [5, 5.41) is 2.14. The summed E-state index contributed by atoms with van der Waals surface area (Å²) in [6.07, 6.45) is -4.28. The second-order valence-corrected chi connectivity index (χ2v) is 5.31. The van der Waals surface area contributed by atoms with Crippen molar-refractivity contribution in [3.63, 3.8) is 0 Å². The number of amides is 1. The van der Waals surface area contributed by atoms with Gasteiger partial charge in [0, 0.05) is 13.1 Å². The third-order valence-corrected chi connectivity index (χ3v) is 2.13. The van der Waals surface area contributed by atoms with Crippen molar-refractivity contribution < 1.29 is 18.0 Å². The summed E-state index contributed by atoms with van der Waals surface area (Å²) in [6.45, 7) is 7.66. The van der Waals surface area contributed by atoms with Gasteiger partial charge in [-0.05, 0) is 11.8 Å². The summed E-state index contributed by atoms with van der Waals surface area (Å²) < 4.78 is 35.8. The first-order valence-corrected chi connectivity index (χ1v) is 6.17. The highest BCUT2D eigenvalue weighted by Crippen LogP contribution is 2.12. The van der Waals surface area contributed by atoms with Crippen LogP contribution in [0.5, 0.6) is 0 Å². The first-order valence-electron chi connectivity index (χ1n) is 6.17. The highest BCUT2D eigenvalue weighted by Gasteiger charge is 2.27. The smallest absolute Gasteiger partial charge is 0.341 e. The Hall–Kier alpha value is -0.780. The molecule has 3 nitrogen and oxygen atoms in total. The summed E-state index contributed by atoms with van der Waals surface area (Å²) in [5.74, 6) is 0.326. The number of hydrogen-bond donors (Lipinski definition) is 1. The van der Waals surface area contributed by atoms with Crippen LogP contribution in [0.25, 0.3) is 0 Å². The fourth-order valence-electron chi connectivity index (χ4n) is 1.58. The minimum absolute atomic E-state index is 0.265. The molecule has 18 heavy (non-hydrogen) atoms. The lowest BCUT2D eigenvalue weighted by Crippen LogP contribution is -2.43. The summed E-state index contributed by atoms with van der Waals surface area (Å²) in [6, 6.07) is 0. The second kappa shape index (κ2) is 7.61. The van der Waals surface area contributed by atoms with E-state index < -0.39 is 12.7 Å². The fourth-order valence-corrected chi connectivity index (χ4v) is 1.58. The van der Waals surface area contributed by atoms with E-state index in [9.17, 15) is 18.0 Å². The van der Waals surface area contributed by atoms with Gasteiger partial charge >= 0.3 is 6.18 Å². The van der Waals surface area contributed by atoms with Gasteiger partial charge in [-0.2, -0.15) is 13.2 Å². The molecule has 6 heteroatoms. The van der Waals surface area contributed by atoms with Crippen LogP contribution in [0.1, 0.15) is 27.7 Å². The van der Waals surface area contributed by atoms with E-state index in [1.165, 1.54) is 0 Å². The molecule has 0 atom stereocenters. The second-order valence-electron chi connectivity index (χ2n) is 5.31. The van der Waals surface area contributed by atoms with Gasteiger partial charge in [0.25, 0.3) is 0 Å². The molecule has 1 amide bonds. The van der Waals surface area contributed by atoms with Gasteiger partial charge in [0.15, 0.2) is 0 Å². The lowest BCUT2D eigenvalue weighted by Gasteiger charge is -2.26. The van der Waals surface area contributed by atoms with Gasteiger partial charge in [0.05, 0.1) is 13.1 Å². The fraction of sp³-hybridized carbons (Fsp3) is 0.917. The quantitative estimate of drug-likeness (QED) is 0.768. The van der Waals surface area contributed by atoms with Gasteiger partial charge in [0.2, 0.25) is 5.91 Å². The van der Waals surface area contributed by atoms with Crippen LogP contribution in [0.2, 0.25) is 0 Å². The molecule has 0 aromatic carbocycles. The van der Waals surface area contributed by atoms with Crippen molar-refractivity contribution in [1.29, 1.82) is 0 Å². The Balaban J connectivity index is 4.20. The van der Waals surface area contributed by atoms with Gasteiger partial charge in [-0.1, -0.05) is 27.7 Å². The molecule has 0 fully saturated rings. The number of halogens is 3. The van der Waals surface area contributed by atoms with Crippen molar-refractivity contribution in [3.8, 4) is 0 Å². The van der Waals surface area contributed by atoms with E-state index in [2.05, 4.69) is 5.32 Å². The lowest BCUT2D eigenvalue weighted by atomic mass is 10.1. The number of carbonyl (C=O) groups excluding carboxylic acids is 1. The SMILES string of the molecule is CC(C)CN(CC(C)C)C(=O)CNCC(F)(F)F. The van der Waals surface area contributed by atoms with E-state index in [0.717, 1.165) is 0 Å². The van der Waals surface area contributed by atoms with E-state index in [-0.39, 0.29) is 12.5 Å². The van der Waals surface area contributed by atoms with Gasteiger partial charge in [-0.15, -0.1) is 0 Å². The number of carbonyl (C=O) groups is 1. The molecule has 0 saturated heterocycles. The standard InChI is InChI=1S/C12H23F3N2O/c1-9(2)6-17(7-10(3)4)11(18)5-16-8-12(13,14)15/h9-10,16H,5-8H2,1-4H3. The van der Waals surface area contributed by atoms with Crippen molar-refractivity contribution >= 4 is 5.91 Å². The summed E-state index contributed by atoms with van der Waals surface area (Å²) in [5.41, 5.74) is 0. The summed E-state index contributed by atoms with van der Waals surface area (Å²) in [7, 11) is 0. The van der Waals surface area contributed by atoms with Crippen molar-refractivity contribution in [2.75, 3.05) is 26.2 Å². The molecule has 0 aliphatic carbocycles. The molecule has 0 rings (SSSR count). The zero-order chi connectivity index (χ0) is 14.3. The minimum atomic E-state index is -4.28. The zero-order valence-electron chi connectivity index (χ0n) is 11.5. The maximum absolute atomic E-state index is 11.9. The first-order chi connectivity index (χ1) is 8.11. The molecule has 0 radical (unpaired) electrons. The lowest BCUT2D eigenvalue weighted by molar-refractivity contribution is -0.135. The zero-order valence-corrected chi connectivity index (χ0v) is 11.5. The third-order valence-electron chi connectivity index (χ3n) is 2.13. The number of rotatable bonds is 7. The van der Waals surface area contributed by atoms with Crippen LogP contribution >= 0.6 is 0 Å². The van der Waals surface area contributed by atoms with Crippen molar-refractivity contribution in [3.05, 3.63) is 0 Å². The molecule has 0 aromatic rings. The first kappa shape index (κ1) is 17.2. The Bertz CT molecular complexity index is 242. The molecule has 0 spiro atoms. The van der Waals surface area contributed by atoms with E-state index in [4.69, 9.17) is 0 Å². The largest absolute Gasteiger partial charge is 0.401 e. The van der Waals surface area contributed by atoms with Gasteiger partial charge in [-0.3, -0.25) is 4.79 Å². The third kappa shape index (κ3) is 9.27. The Morgan fingerprint density at radius 1 is 1.11 bits per heavy atom. The van der Waals surface area contributed by atoms with Crippen LogP contribution in [0, 0.1) is 11.8 Å². The van der Waals surface area contributed by atoms with E-state index in [1.807, 2.05) is 27.7 Å². The molecule has 0 saturated carbocycles. The summed E-state index contributed by atoms with van der Waals surface area (Å²) >= 11 is 0. The molecule has 108 valence electrons. The molecular formula is C12H23F3N2O. The molecule has 0 heterocycles. The highest BCUT2D eigenvalue weighted by atomic mass is 19.4. The van der Waals surface area contributed by atoms with Crippen LogP contribution in [0.15, 0.2) is 0 Å².